The average Bonchev–Trinajstić information content (AvgIpc) is 2.20. The molecule has 0 saturated carbocycles. The minimum absolute atomic E-state index is 1.09. The van der Waals surface area contributed by atoms with E-state index in [-0.39, 0.29) is 0 Å². The van der Waals surface area contributed by atoms with E-state index in [2.05, 4.69) is 52.6 Å². The van der Waals surface area contributed by atoms with E-state index in [0.29, 0.717) is 0 Å². The number of halogens is 1. The topological polar surface area (TPSA) is 12.9 Å². The van der Waals surface area contributed by atoms with Crippen molar-refractivity contribution in [3.63, 3.8) is 0 Å². The van der Waals surface area contributed by atoms with Gasteiger partial charge in [-0.3, -0.25) is 4.98 Å². The molecule has 2 rings (SSSR count). The second-order valence-corrected chi connectivity index (χ2v) is 3.07. The Morgan fingerprint density at radius 2 is 1.79 bits per heavy atom. The van der Waals surface area contributed by atoms with E-state index in [4.69, 9.17) is 3.55 Å². The first-order valence-corrected chi connectivity index (χ1v) is 4.57. The molecule has 0 N–H and O–H groups in total. The molecule has 1 heterocycles. The number of rotatable bonds is 0. The molecule has 0 aliphatic carbocycles. The number of aryl methyl sites for hydroxylation is 2. The zero-order valence-corrected chi connectivity index (χ0v) is 8.96. The molecule has 0 unspecified atom stereocenters. The Kier molecular flexibility index (Phi) is 4.05. The predicted octanol–water partition coefficient (Wildman–Crippen LogP) is 3.27. The molecule has 2 aromatic rings. The van der Waals surface area contributed by atoms with Gasteiger partial charge in [0.05, 0.1) is 0 Å². The third kappa shape index (κ3) is 2.31. The van der Waals surface area contributed by atoms with Gasteiger partial charge in [-0.05, 0) is 25.3 Å². The Bertz CT molecular complexity index is 429. The first-order valence-electron chi connectivity index (χ1n) is 4.22. The van der Waals surface area contributed by atoms with E-state index in [1.54, 1.807) is 0 Å². The van der Waals surface area contributed by atoms with Gasteiger partial charge in [0.2, 0.25) is 0 Å². The van der Waals surface area contributed by atoms with Crippen molar-refractivity contribution in [1.29, 1.82) is 0 Å². The van der Waals surface area contributed by atoms with Gasteiger partial charge in [0, 0.05) is 16.8 Å². The molecule has 0 fully saturated rings. The molecule has 0 saturated heterocycles. The van der Waals surface area contributed by atoms with Gasteiger partial charge in [-0.25, -0.2) is 0 Å². The van der Waals surface area contributed by atoms with Gasteiger partial charge >= 0.3 is 20.0 Å². The molecule has 1 nitrogen and oxygen atoms in total. The normalized spacial score (nSPS) is 9.50. The van der Waals surface area contributed by atoms with Crippen molar-refractivity contribution in [3.05, 3.63) is 41.7 Å². The summed E-state index contributed by atoms with van der Waals surface area (Å²) in [6.45, 7) is 4.08. The van der Waals surface area contributed by atoms with Crippen LogP contribution in [0.15, 0.2) is 30.3 Å². The molecule has 0 aliphatic heterocycles. The van der Waals surface area contributed by atoms with E-state index >= 15 is 0 Å². The van der Waals surface area contributed by atoms with Crippen LogP contribution in [0.2, 0.25) is 0 Å². The molecule has 1 aromatic carbocycles. The van der Waals surface area contributed by atoms with Crippen molar-refractivity contribution in [3.8, 4) is 0 Å². The van der Waals surface area contributed by atoms with E-state index in [9.17, 15) is 0 Å². The molecule has 0 radical (unpaired) electrons. The summed E-state index contributed by atoms with van der Waals surface area (Å²) in [6.07, 6.45) is 0. The molecule has 0 amide bonds. The van der Waals surface area contributed by atoms with Gasteiger partial charge in [0.25, 0.3) is 0 Å². The van der Waals surface area contributed by atoms with Crippen LogP contribution in [0.4, 0.5) is 3.55 Å². The first kappa shape index (κ1) is 11.2. The molecule has 1 aromatic heterocycles. The number of benzene rings is 1. The van der Waals surface area contributed by atoms with Crippen LogP contribution < -0.4 is 0 Å². The van der Waals surface area contributed by atoms with Gasteiger partial charge in [0.15, 0.2) is 0 Å². The number of hydrogen-bond acceptors (Lipinski definition) is 1. The fourth-order valence-corrected chi connectivity index (χ4v) is 1.53. The van der Waals surface area contributed by atoms with Crippen LogP contribution in [0.5, 0.6) is 0 Å². The monoisotopic (exact) mass is 239 g/mol. The Morgan fingerprint density at radius 1 is 1.14 bits per heavy atom. The van der Waals surface area contributed by atoms with Crippen molar-refractivity contribution >= 4 is 10.8 Å². The molecule has 14 heavy (non-hydrogen) atoms. The van der Waals surface area contributed by atoms with Gasteiger partial charge in [-0.1, -0.05) is 24.3 Å². The van der Waals surface area contributed by atoms with Crippen LogP contribution in [-0.4, -0.2) is 4.98 Å². The Labute approximate surface area is 91.6 Å². The van der Waals surface area contributed by atoms with Gasteiger partial charge < -0.3 is 0 Å². The minimum atomic E-state index is 1.09. The summed E-state index contributed by atoms with van der Waals surface area (Å²) < 4.78 is 9.06. The molecular formula is C11H11CuFN. The van der Waals surface area contributed by atoms with Crippen LogP contribution in [0.3, 0.4) is 0 Å². The number of aromatic nitrogens is 1. The number of nitrogens with zero attached hydrogens (tertiary/aromatic N) is 1. The quantitative estimate of drug-likeness (QED) is 0.643. The first-order chi connectivity index (χ1) is 6.77. The van der Waals surface area contributed by atoms with Crippen LogP contribution in [0, 0.1) is 13.8 Å². The van der Waals surface area contributed by atoms with Gasteiger partial charge in [0.1, 0.15) is 0 Å². The number of fused-ring (bicyclic) bond motifs is 1. The number of hydrogen-bond donors (Lipinski definition) is 0. The standard InChI is InChI=1S/C11H11N.Cu.FH/c1-8-7-10-5-3-4-6-11(10)9(2)12-8;;/h3-7H,1-2H3;;1H/q;+1;/p-1. The Balaban J connectivity index is 0.000000461. The summed E-state index contributed by atoms with van der Waals surface area (Å²) in [5.41, 5.74) is 2.21. The van der Waals surface area contributed by atoms with Crippen LogP contribution >= 0.6 is 0 Å². The zero-order chi connectivity index (χ0) is 10.6. The average molecular weight is 240 g/mol. The SMILES string of the molecule is Cc1cc2ccccc2c(C)n1.[F][Cu]. The molecule has 0 atom stereocenters. The molecule has 3 heteroatoms. The summed E-state index contributed by atoms with van der Waals surface area (Å²) >= 11 is 2.69. The molecular weight excluding hydrogens is 229 g/mol. The van der Waals surface area contributed by atoms with E-state index in [1.807, 2.05) is 13.0 Å². The fourth-order valence-electron chi connectivity index (χ4n) is 1.53. The molecule has 0 bridgehead atoms. The maximum absolute atomic E-state index is 9.06. The van der Waals surface area contributed by atoms with Gasteiger partial charge in [-0.2, -0.15) is 0 Å². The van der Waals surface area contributed by atoms with Crippen molar-refractivity contribution in [2.75, 3.05) is 0 Å². The maximum atomic E-state index is 9.06. The fraction of sp³-hybridized carbons (Fsp3) is 0.182. The predicted molar refractivity (Wildman–Crippen MR) is 52.3 cm³/mol. The zero-order valence-electron chi connectivity index (χ0n) is 8.01. The molecule has 0 spiro atoms. The number of pyridine rings is 1. The second kappa shape index (κ2) is 5.08. The van der Waals surface area contributed by atoms with Crippen molar-refractivity contribution in [2.45, 2.75) is 13.8 Å². The van der Waals surface area contributed by atoms with Gasteiger partial charge in [-0.15, -0.1) is 0 Å². The summed E-state index contributed by atoms with van der Waals surface area (Å²) in [4.78, 5) is 4.40. The summed E-state index contributed by atoms with van der Waals surface area (Å²) in [6, 6.07) is 10.4. The van der Waals surface area contributed by atoms with Crippen LogP contribution in [0.1, 0.15) is 11.4 Å². The Morgan fingerprint density at radius 3 is 2.50 bits per heavy atom. The van der Waals surface area contributed by atoms with Crippen molar-refractivity contribution < 1.29 is 20.0 Å². The van der Waals surface area contributed by atoms with Crippen LogP contribution in [-0.2, 0) is 16.5 Å². The third-order valence-corrected chi connectivity index (χ3v) is 2.06. The molecule has 78 valence electrons. The Hall–Kier alpha value is -0.921. The summed E-state index contributed by atoms with van der Waals surface area (Å²) in [5.74, 6) is 0. The van der Waals surface area contributed by atoms with E-state index < -0.39 is 0 Å². The van der Waals surface area contributed by atoms with Crippen molar-refractivity contribution in [2.24, 2.45) is 0 Å². The molecule has 0 aliphatic rings. The second-order valence-electron chi connectivity index (χ2n) is 3.07. The third-order valence-electron chi connectivity index (χ3n) is 2.06. The van der Waals surface area contributed by atoms with Crippen molar-refractivity contribution in [1.82, 2.24) is 4.98 Å². The van der Waals surface area contributed by atoms with E-state index in [1.165, 1.54) is 10.8 Å². The summed E-state index contributed by atoms with van der Waals surface area (Å²) in [5, 5.41) is 2.53. The van der Waals surface area contributed by atoms with Crippen LogP contribution in [0.25, 0.3) is 10.8 Å². The van der Waals surface area contributed by atoms with E-state index in [0.717, 1.165) is 11.4 Å². The summed E-state index contributed by atoms with van der Waals surface area (Å²) in [7, 11) is 0.